The number of nitrogens with one attached hydrogen (secondary N) is 4. The van der Waals surface area contributed by atoms with E-state index in [9.17, 15) is 89.0 Å². The molecule has 0 spiro atoms. The van der Waals surface area contributed by atoms with Crippen molar-refractivity contribution in [1.82, 2.24) is 44.4 Å². The van der Waals surface area contributed by atoms with Crippen molar-refractivity contribution >= 4 is 150 Å². The standard InChI is InChI=1S/C28H27ClF2N4O5.C25H21ClF2N4O4.C25H22ClF2N3O5.C5H10O.C3H6O/c1-15(36)21-13-34(23-8-5-18(10-20(21)23)33-28(39)40-19-6-7-19)14-25(37)35-12-17(30)9-24(35)27(38)32-11-16-3-2-4-22(29)26(16)31;1-14(34)19-11-31(21-6-5-17(30-13-33)8-18(19)21)12-23(35)32-10-16(27)7-22(32)25(36)29-9-15-3-2-4-20(26)24(15)28;1-13(32)18-11-30(20-6-5-14(25(35)36)7-17(18)20)12-22(33)31-10-16(27)8-21(31)24(34)29-9-15-3-2-4-19(26)23(15)28;1-5-3-2-4-6-5;4-3-1-2-3/h2-5,8,10,13,17,19,24H,6-7,9,11-12,14H2,1H3,(H,32,38)(H,33,39);2-6,8,11,16,22H,7,9-10,12H2,1H3,(H,29,36);2-7,11,16,21H,8-10,12H2,1H3,(H,29,34)(H,35,36);5H,2-4H2,1H3;3-4H,1-2H2/t17-,24+;16-,22+;16-,21+;;/m111../s1. The molecule has 3 aromatic heterocycles. The molecule has 1 unspecified atom stereocenters. The van der Waals surface area contributed by atoms with E-state index in [0.29, 0.717) is 61.3 Å². The molecule has 644 valence electrons. The number of benzene rings is 6. The predicted octanol–water partition coefficient (Wildman–Crippen LogP) is 13.4. The molecule has 6 fully saturated rings. The molecule has 4 saturated heterocycles. The molecule has 15 rings (SSSR count). The third-order valence-electron chi connectivity index (χ3n) is 20.9. The van der Waals surface area contributed by atoms with E-state index in [2.05, 4.69) is 33.2 Å². The van der Waals surface area contributed by atoms with Crippen LogP contribution in [0.1, 0.15) is 144 Å². The second-order valence-electron chi connectivity index (χ2n) is 30.1. The monoisotopic (exact) mass is 1750 g/mol. The number of nitrogens with zero attached hydrogens (tertiary/aromatic N) is 7. The molecule has 7 amide bonds. The number of aliphatic hydroxyl groups is 1. The predicted molar refractivity (Wildman–Crippen MR) is 438 cm³/mol. The van der Waals surface area contributed by atoms with Gasteiger partial charge in [0.05, 0.1) is 58.2 Å². The zero-order valence-corrected chi connectivity index (χ0v) is 68.7. The SMILES string of the molecule is CC(=O)c1cn(CC(=O)N2C[C@H](F)C[C@H]2C(=O)NCc2cccc(Cl)c2F)c2ccc(C(=O)O)cc12.CC(=O)c1cn(CC(=O)N2C[C@H](F)C[C@H]2C(=O)NCc2cccc(Cl)c2F)c2ccc(N=C=O)cc12.CC(=O)c1cn(CC(=O)N2C[C@H](F)C[C@H]2C(=O)NCc2cccc(Cl)c2F)c2ccc(NC(=O)OC3CC3)cc12.CC1CCCO1.OC1CC1. The number of amides is 7. The van der Waals surface area contributed by atoms with Gasteiger partial charge in [-0.25, -0.2) is 40.7 Å². The molecule has 0 radical (unpaired) electrons. The fourth-order valence-electron chi connectivity index (χ4n) is 14.3. The molecule has 9 aromatic rings. The van der Waals surface area contributed by atoms with Gasteiger partial charge in [-0.05, 0) is 139 Å². The molecular formula is C86H86Cl3F6N11O16. The minimum Gasteiger partial charge on any atom is -0.478 e. The lowest BCUT2D eigenvalue weighted by molar-refractivity contribution is -0.139. The van der Waals surface area contributed by atoms with Crippen LogP contribution in [0, 0.1) is 17.5 Å². The van der Waals surface area contributed by atoms with Gasteiger partial charge in [0.1, 0.15) is 79.8 Å². The topological polar surface area (TPSA) is 349 Å². The highest BCUT2D eigenvalue weighted by atomic mass is 35.5. The summed E-state index contributed by atoms with van der Waals surface area (Å²) in [5.41, 5.74) is 3.63. The number of alkyl halides is 3. The number of aliphatic hydroxyl groups excluding tert-OH is 1. The van der Waals surface area contributed by atoms with Gasteiger partial charge in [-0.1, -0.05) is 71.2 Å². The normalized spacial score (nSPS) is 18.8. The van der Waals surface area contributed by atoms with E-state index in [4.69, 9.17) is 49.4 Å². The van der Waals surface area contributed by atoms with E-state index < -0.39 is 102 Å². The number of ketones is 3. The van der Waals surface area contributed by atoms with Gasteiger partial charge in [0, 0.05) is 136 Å². The minimum absolute atomic E-state index is 0.0123. The van der Waals surface area contributed by atoms with Crippen molar-refractivity contribution < 1.29 is 104 Å². The summed E-state index contributed by atoms with van der Waals surface area (Å²) < 4.78 is 100. The minimum atomic E-state index is -1.42. The number of isocyanates is 1. The van der Waals surface area contributed by atoms with Crippen molar-refractivity contribution in [2.45, 2.75) is 180 Å². The summed E-state index contributed by atoms with van der Waals surface area (Å²) in [6.45, 7) is 5.05. The largest absolute Gasteiger partial charge is 0.478 e. The van der Waals surface area contributed by atoms with E-state index in [1.165, 1.54) is 140 Å². The van der Waals surface area contributed by atoms with Gasteiger partial charge in [-0.2, -0.15) is 4.99 Å². The number of aliphatic imine (C=N–C) groups is 1. The summed E-state index contributed by atoms with van der Waals surface area (Å²) >= 11 is 17.3. The van der Waals surface area contributed by atoms with E-state index in [1.807, 2.05) is 0 Å². The van der Waals surface area contributed by atoms with Crippen LogP contribution in [0.5, 0.6) is 0 Å². The number of carboxylic acids is 1. The third kappa shape index (κ3) is 23.1. The van der Waals surface area contributed by atoms with Gasteiger partial charge in [0.25, 0.3) is 0 Å². The van der Waals surface area contributed by atoms with Crippen molar-refractivity contribution in [3.63, 3.8) is 0 Å². The molecule has 36 heteroatoms. The molecule has 7 atom stereocenters. The van der Waals surface area contributed by atoms with E-state index in [1.54, 1.807) is 41.0 Å². The number of carboxylic acid groups (broad SMARTS) is 1. The zero-order chi connectivity index (χ0) is 88.1. The maximum absolute atomic E-state index is 14.4. The van der Waals surface area contributed by atoms with Crippen LogP contribution in [0.4, 0.5) is 42.5 Å². The van der Waals surface area contributed by atoms with Crippen LogP contribution >= 0.6 is 34.8 Å². The van der Waals surface area contributed by atoms with Gasteiger partial charge in [0.2, 0.25) is 41.5 Å². The van der Waals surface area contributed by atoms with Crippen LogP contribution < -0.4 is 21.3 Å². The Morgan fingerprint density at radius 3 is 1.24 bits per heavy atom. The highest BCUT2D eigenvalue weighted by molar-refractivity contribution is 6.31. The molecule has 4 aliphatic heterocycles. The number of Topliss-reactive ketones (excluding diaryl/α,β-unsaturated/α-hetero) is 3. The maximum Gasteiger partial charge on any atom is 0.411 e. The highest BCUT2D eigenvalue weighted by Gasteiger charge is 2.43. The molecule has 27 nitrogen and oxygen atoms in total. The first kappa shape index (κ1) is 91.0. The molecule has 6 aliphatic rings. The summed E-state index contributed by atoms with van der Waals surface area (Å²) in [5.74, 6) is -7.41. The summed E-state index contributed by atoms with van der Waals surface area (Å²) in [5, 5.41) is 28.9. The van der Waals surface area contributed by atoms with E-state index >= 15 is 0 Å². The Morgan fingerprint density at radius 1 is 0.525 bits per heavy atom. The summed E-state index contributed by atoms with van der Waals surface area (Å²) in [7, 11) is 0. The lowest BCUT2D eigenvalue weighted by Gasteiger charge is -2.24. The van der Waals surface area contributed by atoms with Crippen molar-refractivity contribution in [2.75, 3.05) is 31.6 Å². The number of fused-ring (bicyclic) bond motifs is 3. The Balaban J connectivity index is 0.000000168. The third-order valence-corrected chi connectivity index (χ3v) is 21.8. The van der Waals surface area contributed by atoms with Crippen LogP contribution in [0.3, 0.4) is 0 Å². The van der Waals surface area contributed by atoms with Crippen LogP contribution in [0.2, 0.25) is 15.1 Å². The Kier molecular flexibility index (Phi) is 30.4. The number of halogens is 9. The van der Waals surface area contributed by atoms with Crippen LogP contribution in [-0.2, 0) is 82.3 Å². The summed E-state index contributed by atoms with van der Waals surface area (Å²) in [6.07, 6.45) is 7.37. The molecule has 0 bridgehead atoms. The Hall–Kier alpha value is -11.7. The molecule has 2 aliphatic carbocycles. The number of hydrogen-bond donors (Lipinski definition) is 6. The van der Waals surface area contributed by atoms with Crippen LogP contribution in [0.25, 0.3) is 32.7 Å². The van der Waals surface area contributed by atoms with Gasteiger partial charge >= 0.3 is 12.1 Å². The zero-order valence-electron chi connectivity index (χ0n) is 66.4. The smallest absolute Gasteiger partial charge is 0.411 e. The van der Waals surface area contributed by atoms with Crippen molar-refractivity contribution in [2.24, 2.45) is 4.99 Å². The lowest BCUT2D eigenvalue weighted by atomic mass is 10.1. The maximum atomic E-state index is 14.4. The average Bonchev–Trinajstić information content (AvgIpc) is 1.64. The van der Waals surface area contributed by atoms with Crippen molar-refractivity contribution in [1.29, 1.82) is 0 Å². The summed E-state index contributed by atoms with van der Waals surface area (Å²) in [4.78, 5) is 156. The first-order valence-corrected chi connectivity index (χ1v) is 40.2. The lowest BCUT2D eigenvalue weighted by Crippen LogP contribution is -2.46. The Labute approximate surface area is 709 Å². The molecule has 2 saturated carbocycles. The number of hydrogen-bond acceptors (Lipinski definition) is 16. The fraction of sp³-hybridized carbons (Fsp3) is 0.372. The van der Waals surface area contributed by atoms with Crippen molar-refractivity contribution in [3.8, 4) is 0 Å². The highest BCUT2D eigenvalue weighted by Crippen LogP contribution is 2.34. The quantitative estimate of drug-likeness (QED) is 0.0159. The molecule has 122 heavy (non-hydrogen) atoms. The number of aromatic nitrogens is 3. The average molecular weight is 1750 g/mol. The number of carbonyl (C=O) groups is 11. The first-order valence-electron chi connectivity index (χ1n) is 39.1. The van der Waals surface area contributed by atoms with Gasteiger partial charge in [-0.3, -0.25) is 48.5 Å². The van der Waals surface area contributed by atoms with Crippen molar-refractivity contribution in [3.05, 3.63) is 199 Å². The fourth-order valence-corrected chi connectivity index (χ4v) is 14.9. The van der Waals surface area contributed by atoms with Crippen LogP contribution in [-0.4, -0.2) is 191 Å². The number of ether oxygens (including phenoxy) is 2. The Morgan fingerprint density at radius 2 is 0.902 bits per heavy atom. The number of carbonyl (C=O) groups excluding carboxylic acids is 11. The number of aromatic carboxylic acids is 1. The Bertz CT molecular complexity index is 5370. The first-order chi connectivity index (χ1) is 58.1. The molecule has 6 aromatic carbocycles. The number of likely N-dealkylation sites (tertiary alicyclic amines) is 3. The van der Waals surface area contributed by atoms with Gasteiger partial charge < -0.3 is 64.0 Å². The van der Waals surface area contributed by atoms with E-state index in [-0.39, 0.29) is 151 Å². The second kappa shape index (κ2) is 40.8. The van der Waals surface area contributed by atoms with E-state index in [0.717, 1.165) is 47.0 Å². The van der Waals surface area contributed by atoms with Gasteiger partial charge in [0.15, 0.2) is 17.3 Å². The summed E-state index contributed by atoms with van der Waals surface area (Å²) in [6, 6.07) is 23.7. The molecular weight excluding hydrogens is 1660 g/mol. The number of anilines is 1. The van der Waals surface area contributed by atoms with Crippen LogP contribution in [0.15, 0.2) is 133 Å². The molecule has 7 heterocycles. The number of rotatable bonds is 22. The van der Waals surface area contributed by atoms with Gasteiger partial charge in [-0.15, -0.1) is 0 Å². The second-order valence-corrected chi connectivity index (χ2v) is 31.3. The molecule has 6 N–H and O–H groups in total.